The third kappa shape index (κ3) is 11.5. The number of carbonyl (C=O) groups is 6. The molecule has 0 spiro atoms. The van der Waals surface area contributed by atoms with Gasteiger partial charge in [-0.15, -0.1) is 0 Å². The Bertz CT molecular complexity index is 1540. The van der Waals surface area contributed by atoms with Gasteiger partial charge in [-0.2, -0.15) is 0 Å². The largest absolute Gasteiger partial charge is 0.354 e. The first-order valence-corrected chi connectivity index (χ1v) is 18.4. The Morgan fingerprint density at radius 1 is 0.788 bits per heavy atom. The summed E-state index contributed by atoms with van der Waals surface area (Å²) in [6.07, 6.45) is 2.93. The second kappa shape index (κ2) is 19.1. The normalized spacial score (nSPS) is 21.8. The number of benzene rings is 2. The molecule has 3 heterocycles. The summed E-state index contributed by atoms with van der Waals surface area (Å²) in [6.45, 7) is 7.65. The van der Waals surface area contributed by atoms with Crippen LogP contribution in [0.2, 0.25) is 0 Å². The van der Waals surface area contributed by atoms with Crippen molar-refractivity contribution in [1.29, 1.82) is 0 Å². The predicted molar refractivity (Wildman–Crippen MR) is 198 cm³/mol. The summed E-state index contributed by atoms with van der Waals surface area (Å²) < 4.78 is 0. The number of rotatable bonds is 5. The lowest BCUT2D eigenvalue weighted by molar-refractivity contribution is -0.137. The molecule has 0 aromatic heterocycles. The van der Waals surface area contributed by atoms with Crippen molar-refractivity contribution >= 4 is 35.6 Å². The molecule has 52 heavy (non-hydrogen) atoms. The summed E-state index contributed by atoms with van der Waals surface area (Å²) in [5, 5.41) is 11.4. The Morgan fingerprint density at radius 2 is 1.44 bits per heavy atom. The molecule has 0 aliphatic carbocycles. The topological polar surface area (TPSA) is 160 Å². The van der Waals surface area contributed by atoms with E-state index >= 15 is 0 Å². The minimum Gasteiger partial charge on any atom is -0.354 e. The van der Waals surface area contributed by atoms with Crippen molar-refractivity contribution in [3.05, 3.63) is 71.3 Å². The van der Waals surface area contributed by atoms with Gasteiger partial charge in [-0.25, -0.2) is 4.79 Å². The predicted octanol–water partition coefficient (Wildman–Crippen LogP) is 2.70. The monoisotopic (exact) mass is 717 g/mol. The van der Waals surface area contributed by atoms with E-state index in [2.05, 4.69) is 21.3 Å². The van der Waals surface area contributed by atoms with Gasteiger partial charge < -0.3 is 36.0 Å². The second-order valence-electron chi connectivity index (χ2n) is 14.5. The van der Waals surface area contributed by atoms with Crippen LogP contribution in [0.1, 0.15) is 74.4 Å². The number of hydrogen-bond donors (Lipinski definition) is 4. The maximum absolute atomic E-state index is 13.9. The SMILES string of the molecule is CC(C)C[C@@H]1NC(=O)[C@@H](Cc2ccccc2)NC(=O)c2ccc(cc2)CN(C(=O)C2CCN(C(=O)N(C)C)CC2)CCCCNC(=O)[C@@H](C)NC1=O. The van der Waals surface area contributed by atoms with Crippen molar-refractivity contribution in [2.45, 2.75) is 84.0 Å². The number of likely N-dealkylation sites (tertiary alicyclic amines) is 1. The number of urea groups is 1. The molecule has 4 N–H and O–H groups in total. The van der Waals surface area contributed by atoms with Gasteiger partial charge in [0.2, 0.25) is 23.6 Å². The molecule has 0 saturated carbocycles. The molecule has 0 unspecified atom stereocenters. The van der Waals surface area contributed by atoms with E-state index < -0.39 is 35.8 Å². The zero-order valence-electron chi connectivity index (χ0n) is 31.2. The fraction of sp³-hybridized carbons (Fsp3) is 0.538. The Hall–Kier alpha value is -4.94. The molecule has 282 valence electrons. The van der Waals surface area contributed by atoms with Crippen LogP contribution < -0.4 is 21.3 Å². The summed E-state index contributed by atoms with van der Waals surface area (Å²) in [4.78, 5) is 85.2. The van der Waals surface area contributed by atoms with Crippen LogP contribution in [0.3, 0.4) is 0 Å². The first-order valence-electron chi connectivity index (χ1n) is 18.4. The summed E-state index contributed by atoms with van der Waals surface area (Å²) in [5.41, 5.74) is 2.03. The number of amides is 7. The molecule has 3 aliphatic heterocycles. The third-order valence-corrected chi connectivity index (χ3v) is 9.55. The molecule has 3 aliphatic rings. The maximum Gasteiger partial charge on any atom is 0.319 e. The van der Waals surface area contributed by atoms with Crippen molar-refractivity contribution in [3.63, 3.8) is 0 Å². The average Bonchev–Trinajstić information content (AvgIpc) is 3.13. The van der Waals surface area contributed by atoms with Gasteiger partial charge in [0, 0.05) is 64.7 Å². The minimum absolute atomic E-state index is 0.0169. The van der Waals surface area contributed by atoms with Crippen molar-refractivity contribution < 1.29 is 28.8 Å². The van der Waals surface area contributed by atoms with Crippen LogP contribution in [0.25, 0.3) is 0 Å². The average molecular weight is 718 g/mol. The standard InChI is InChI=1S/C39H55N7O6/c1-26(2)23-32-36(49)41-27(3)34(47)40-19-9-10-20-46(38(51)31-17-21-45(22-18-31)39(52)44(4)5)25-29-13-15-30(16-14-29)35(48)42-33(37(50)43-32)24-28-11-7-6-8-12-28/h6-8,11-16,26-27,31-33H,9-10,17-25H2,1-5H3,(H,40,47)(H,41,49)(H,42,48)(H,43,50)/t27-,32+,33-/m1/s1. The van der Waals surface area contributed by atoms with E-state index in [1.54, 1.807) is 43.0 Å². The number of nitrogens with one attached hydrogen (secondary N) is 4. The van der Waals surface area contributed by atoms with Crippen LogP contribution in [0, 0.1) is 11.8 Å². The fourth-order valence-electron chi connectivity index (χ4n) is 6.56. The molecule has 5 rings (SSSR count). The van der Waals surface area contributed by atoms with E-state index in [9.17, 15) is 28.8 Å². The Balaban J connectivity index is 1.57. The number of fused-ring (bicyclic) bond motifs is 18. The zero-order valence-corrected chi connectivity index (χ0v) is 31.2. The molecular weight excluding hydrogens is 662 g/mol. The lowest BCUT2D eigenvalue weighted by Crippen LogP contribution is -2.57. The summed E-state index contributed by atoms with van der Waals surface area (Å²) >= 11 is 0. The number of hydrogen-bond acceptors (Lipinski definition) is 6. The minimum atomic E-state index is -0.987. The lowest BCUT2D eigenvalue weighted by Gasteiger charge is -2.35. The van der Waals surface area contributed by atoms with Gasteiger partial charge >= 0.3 is 6.03 Å². The molecule has 0 radical (unpaired) electrons. The maximum atomic E-state index is 13.9. The molecule has 7 amide bonds. The first kappa shape index (κ1) is 39.8. The van der Waals surface area contributed by atoms with Crippen molar-refractivity contribution in [1.82, 2.24) is 36.0 Å². The highest BCUT2D eigenvalue weighted by Crippen LogP contribution is 2.22. The van der Waals surface area contributed by atoms with Crippen molar-refractivity contribution in [3.8, 4) is 0 Å². The molecule has 13 heteroatoms. The number of piperidine rings is 1. The van der Waals surface area contributed by atoms with Crippen molar-refractivity contribution in [2.75, 3.05) is 40.3 Å². The summed E-state index contributed by atoms with van der Waals surface area (Å²) in [5.74, 6) is -1.94. The van der Waals surface area contributed by atoms with Crippen molar-refractivity contribution in [2.24, 2.45) is 11.8 Å². The van der Waals surface area contributed by atoms with Gasteiger partial charge in [0.25, 0.3) is 5.91 Å². The molecule has 2 aromatic carbocycles. The quantitative estimate of drug-likeness (QED) is 0.348. The summed E-state index contributed by atoms with van der Waals surface area (Å²) in [6, 6.07) is 13.5. The van der Waals surface area contributed by atoms with Gasteiger partial charge in [0.05, 0.1) is 0 Å². The second-order valence-corrected chi connectivity index (χ2v) is 14.5. The van der Waals surface area contributed by atoms with E-state index in [4.69, 9.17) is 0 Å². The zero-order chi connectivity index (χ0) is 37.8. The van der Waals surface area contributed by atoms with Crippen LogP contribution in [0.4, 0.5) is 4.79 Å². The molecule has 3 atom stereocenters. The fourth-order valence-corrected chi connectivity index (χ4v) is 6.56. The van der Waals surface area contributed by atoms with Gasteiger partial charge in [-0.1, -0.05) is 56.3 Å². The molecule has 1 saturated heterocycles. The lowest BCUT2D eigenvalue weighted by atomic mass is 9.95. The highest BCUT2D eigenvalue weighted by Gasteiger charge is 2.32. The van der Waals surface area contributed by atoms with Gasteiger partial charge in [0.1, 0.15) is 18.1 Å². The van der Waals surface area contributed by atoms with E-state index in [1.807, 2.05) is 61.2 Å². The van der Waals surface area contributed by atoms with E-state index in [0.29, 0.717) is 70.4 Å². The number of carbonyl (C=O) groups excluding carboxylic acids is 6. The van der Waals surface area contributed by atoms with Crippen LogP contribution in [-0.4, -0.2) is 109 Å². The van der Waals surface area contributed by atoms with Crippen LogP contribution >= 0.6 is 0 Å². The Labute approximate surface area is 307 Å². The molecule has 13 nitrogen and oxygen atoms in total. The van der Waals surface area contributed by atoms with Gasteiger partial charge in [0.15, 0.2) is 0 Å². The third-order valence-electron chi connectivity index (χ3n) is 9.55. The molecule has 2 bridgehead atoms. The van der Waals surface area contributed by atoms with E-state index in [1.165, 1.54) is 0 Å². The highest BCUT2D eigenvalue weighted by atomic mass is 16.2. The van der Waals surface area contributed by atoms with Gasteiger partial charge in [-0.3, -0.25) is 24.0 Å². The van der Waals surface area contributed by atoms with Crippen LogP contribution in [0.5, 0.6) is 0 Å². The molecule has 1 fully saturated rings. The number of nitrogens with zero attached hydrogens (tertiary/aromatic N) is 3. The van der Waals surface area contributed by atoms with Crippen LogP contribution in [-0.2, 0) is 32.1 Å². The Morgan fingerprint density at radius 3 is 2.08 bits per heavy atom. The molecule has 2 aromatic rings. The highest BCUT2D eigenvalue weighted by molar-refractivity contribution is 5.99. The van der Waals surface area contributed by atoms with Gasteiger partial charge in [-0.05, 0) is 68.2 Å². The van der Waals surface area contributed by atoms with Crippen LogP contribution in [0.15, 0.2) is 54.6 Å². The van der Waals surface area contributed by atoms with E-state index in [-0.39, 0.29) is 36.1 Å². The smallest absolute Gasteiger partial charge is 0.319 e. The summed E-state index contributed by atoms with van der Waals surface area (Å²) in [7, 11) is 3.43. The molecular formula is C39H55N7O6. The Kier molecular flexibility index (Phi) is 14.6. The first-order chi connectivity index (χ1) is 24.8. The van der Waals surface area contributed by atoms with E-state index in [0.717, 1.165) is 11.1 Å².